The van der Waals surface area contributed by atoms with Crippen molar-refractivity contribution in [1.29, 1.82) is 0 Å². The second kappa shape index (κ2) is 13.0. The van der Waals surface area contributed by atoms with Crippen molar-refractivity contribution in [2.75, 3.05) is 26.2 Å². The number of fused-ring (bicyclic) bond motifs is 1. The number of halogens is 1. The van der Waals surface area contributed by atoms with Gasteiger partial charge in [-0.25, -0.2) is 9.37 Å². The Hall–Kier alpha value is -2.83. The summed E-state index contributed by atoms with van der Waals surface area (Å²) in [5, 5.41) is 3.98. The Labute approximate surface area is 244 Å². The summed E-state index contributed by atoms with van der Waals surface area (Å²) in [5.74, 6) is 0.0503. The molecule has 218 valence electrons. The number of carbonyl (C=O) groups is 1. The highest BCUT2D eigenvalue weighted by Crippen LogP contribution is 2.34. The van der Waals surface area contributed by atoms with Crippen LogP contribution in [0.5, 0.6) is 0 Å². The second-order valence-electron chi connectivity index (χ2n) is 12.6. The van der Waals surface area contributed by atoms with Gasteiger partial charge in [-0.05, 0) is 95.7 Å². The molecule has 0 bridgehead atoms. The van der Waals surface area contributed by atoms with Crippen molar-refractivity contribution in [2.24, 2.45) is 5.92 Å². The van der Waals surface area contributed by atoms with Crippen LogP contribution in [0.4, 0.5) is 4.39 Å². The third-order valence-corrected chi connectivity index (χ3v) is 9.88. The van der Waals surface area contributed by atoms with Gasteiger partial charge in [-0.1, -0.05) is 56.0 Å². The van der Waals surface area contributed by atoms with Gasteiger partial charge in [0.2, 0.25) is 0 Å². The minimum atomic E-state index is -0.338. The van der Waals surface area contributed by atoms with Crippen LogP contribution in [0.15, 0.2) is 48.5 Å². The maximum absolute atomic E-state index is 14.7. The lowest BCUT2D eigenvalue weighted by molar-refractivity contribution is 0.0878. The van der Waals surface area contributed by atoms with Gasteiger partial charge in [0.1, 0.15) is 5.82 Å². The van der Waals surface area contributed by atoms with Crippen LogP contribution in [-0.4, -0.2) is 59.0 Å². The molecule has 0 unspecified atom stereocenters. The van der Waals surface area contributed by atoms with E-state index in [4.69, 9.17) is 4.98 Å². The molecule has 3 aliphatic rings. The number of pyridine rings is 1. The summed E-state index contributed by atoms with van der Waals surface area (Å²) in [6, 6.07) is 15.6. The summed E-state index contributed by atoms with van der Waals surface area (Å²) >= 11 is 0. The molecule has 0 spiro atoms. The van der Waals surface area contributed by atoms with E-state index in [1.54, 1.807) is 6.07 Å². The Morgan fingerprint density at radius 1 is 0.927 bits per heavy atom. The van der Waals surface area contributed by atoms with Crippen LogP contribution < -0.4 is 5.32 Å². The molecule has 2 saturated heterocycles. The molecule has 41 heavy (non-hydrogen) atoms. The molecule has 2 aromatic carbocycles. The highest BCUT2D eigenvalue weighted by atomic mass is 19.1. The molecule has 5 nitrogen and oxygen atoms in total. The second-order valence-corrected chi connectivity index (χ2v) is 12.6. The van der Waals surface area contributed by atoms with Crippen LogP contribution in [0.3, 0.4) is 0 Å². The van der Waals surface area contributed by atoms with Gasteiger partial charge in [-0.3, -0.25) is 9.69 Å². The standard InChI is InChI=1S/C35H45FN4O/c1-25(26-11-5-2-6-12-26)37-35(41)33-30-23-28(36)15-16-32(30)38-34(27-13-7-3-8-14-27)31(33)24-39-21-17-29(18-22-39)40-19-9-4-10-20-40/h3,7-8,13-16,23,25-26,29H,2,4-6,9-12,17-22,24H2,1H3,(H,37,41)/t25-/m1/s1. The van der Waals surface area contributed by atoms with Gasteiger partial charge in [-0.2, -0.15) is 0 Å². The topological polar surface area (TPSA) is 48.5 Å². The minimum absolute atomic E-state index is 0.0767. The Morgan fingerprint density at radius 3 is 2.37 bits per heavy atom. The Kier molecular flexibility index (Phi) is 8.97. The van der Waals surface area contributed by atoms with E-state index in [9.17, 15) is 9.18 Å². The Bertz CT molecular complexity index is 1330. The van der Waals surface area contributed by atoms with E-state index < -0.39 is 0 Å². The van der Waals surface area contributed by atoms with Gasteiger partial charge in [0.15, 0.2) is 0 Å². The van der Waals surface area contributed by atoms with Gasteiger partial charge < -0.3 is 10.2 Å². The highest BCUT2D eigenvalue weighted by molar-refractivity contribution is 6.09. The molecule has 1 atom stereocenters. The molecule has 3 heterocycles. The fourth-order valence-corrected chi connectivity index (χ4v) is 7.50. The minimum Gasteiger partial charge on any atom is -0.349 e. The van der Waals surface area contributed by atoms with Crippen LogP contribution >= 0.6 is 0 Å². The zero-order valence-electron chi connectivity index (χ0n) is 24.6. The lowest BCUT2D eigenvalue weighted by atomic mass is 9.84. The third kappa shape index (κ3) is 6.49. The number of hydrogen-bond acceptors (Lipinski definition) is 4. The Balaban J connectivity index is 1.35. The Morgan fingerprint density at radius 2 is 1.63 bits per heavy atom. The number of piperidine rings is 2. The maximum atomic E-state index is 14.7. The summed E-state index contributed by atoms with van der Waals surface area (Å²) in [4.78, 5) is 24.5. The van der Waals surface area contributed by atoms with Gasteiger partial charge >= 0.3 is 0 Å². The van der Waals surface area contributed by atoms with Crippen LogP contribution in [0, 0.1) is 11.7 Å². The van der Waals surface area contributed by atoms with Crippen LogP contribution in [0.1, 0.15) is 87.1 Å². The molecule has 6 rings (SSSR count). The molecule has 0 radical (unpaired) electrons. The van der Waals surface area contributed by atoms with Crippen LogP contribution in [-0.2, 0) is 6.54 Å². The zero-order chi connectivity index (χ0) is 28.2. The normalized spacial score (nSPS) is 20.7. The number of nitrogens with zero attached hydrogens (tertiary/aromatic N) is 3. The van der Waals surface area contributed by atoms with Gasteiger partial charge in [-0.15, -0.1) is 0 Å². The van der Waals surface area contributed by atoms with E-state index in [1.807, 2.05) is 18.2 Å². The van der Waals surface area contributed by atoms with Crippen molar-refractivity contribution in [2.45, 2.75) is 89.8 Å². The summed E-state index contributed by atoms with van der Waals surface area (Å²) in [5.41, 5.74) is 3.99. The number of benzene rings is 2. The molecule has 1 aromatic heterocycles. The third-order valence-electron chi connectivity index (χ3n) is 9.88. The van der Waals surface area contributed by atoms with E-state index in [0.29, 0.717) is 35.0 Å². The van der Waals surface area contributed by atoms with Crippen molar-refractivity contribution in [3.05, 3.63) is 65.5 Å². The molecule has 1 saturated carbocycles. The molecule has 1 amide bonds. The monoisotopic (exact) mass is 556 g/mol. The first kappa shape index (κ1) is 28.3. The van der Waals surface area contributed by atoms with E-state index in [1.165, 1.54) is 63.7 Å². The molecule has 1 aliphatic carbocycles. The first-order valence-corrected chi connectivity index (χ1v) is 16.0. The molecule has 6 heteroatoms. The molecule has 3 fully saturated rings. The van der Waals surface area contributed by atoms with Crippen molar-refractivity contribution < 1.29 is 9.18 Å². The summed E-state index contributed by atoms with van der Waals surface area (Å²) in [6.07, 6.45) is 12.3. The number of rotatable bonds is 7. The summed E-state index contributed by atoms with van der Waals surface area (Å²) in [6.45, 7) is 7.23. The van der Waals surface area contributed by atoms with Crippen LogP contribution in [0.25, 0.3) is 22.2 Å². The SMILES string of the molecule is C[C@@H](NC(=O)c1c(CN2CCC(N3CCCCC3)CC2)c(-c2ccccc2)nc2ccc(F)cc12)C1CCCCC1. The van der Waals surface area contributed by atoms with E-state index in [2.05, 4.69) is 34.2 Å². The highest BCUT2D eigenvalue weighted by Gasteiger charge is 2.30. The number of carbonyl (C=O) groups excluding carboxylic acids is 1. The zero-order valence-corrected chi connectivity index (χ0v) is 24.6. The van der Waals surface area contributed by atoms with Crippen LogP contribution in [0.2, 0.25) is 0 Å². The number of amides is 1. The number of hydrogen-bond donors (Lipinski definition) is 1. The predicted molar refractivity (Wildman–Crippen MR) is 164 cm³/mol. The smallest absolute Gasteiger partial charge is 0.252 e. The molecular formula is C35H45FN4O. The first-order chi connectivity index (χ1) is 20.1. The largest absolute Gasteiger partial charge is 0.349 e. The predicted octanol–water partition coefficient (Wildman–Crippen LogP) is 7.19. The van der Waals surface area contributed by atoms with Crippen molar-refractivity contribution in [1.82, 2.24) is 20.1 Å². The number of nitrogens with one attached hydrogen (secondary N) is 1. The lowest BCUT2D eigenvalue weighted by Gasteiger charge is -2.40. The van der Waals surface area contributed by atoms with Crippen molar-refractivity contribution in [3.63, 3.8) is 0 Å². The van der Waals surface area contributed by atoms with E-state index in [-0.39, 0.29) is 17.8 Å². The molecule has 2 aliphatic heterocycles. The van der Waals surface area contributed by atoms with Gasteiger partial charge in [0, 0.05) is 35.1 Å². The molecule has 1 N–H and O–H groups in total. The quantitative estimate of drug-likeness (QED) is 0.335. The van der Waals surface area contributed by atoms with Gasteiger partial charge in [0.05, 0.1) is 16.8 Å². The average molecular weight is 557 g/mol. The van der Waals surface area contributed by atoms with Crippen molar-refractivity contribution in [3.8, 4) is 11.3 Å². The lowest BCUT2D eigenvalue weighted by Crippen LogP contribution is -2.46. The average Bonchev–Trinajstić information content (AvgIpc) is 3.02. The summed E-state index contributed by atoms with van der Waals surface area (Å²) in [7, 11) is 0. The fourth-order valence-electron chi connectivity index (χ4n) is 7.50. The molecule has 3 aromatic rings. The van der Waals surface area contributed by atoms with E-state index in [0.717, 1.165) is 55.6 Å². The first-order valence-electron chi connectivity index (χ1n) is 16.0. The number of aromatic nitrogens is 1. The van der Waals surface area contributed by atoms with Crippen molar-refractivity contribution >= 4 is 16.8 Å². The van der Waals surface area contributed by atoms with E-state index >= 15 is 0 Å². The van der Waals surface area contributed by atoms with Gasteiger partial charge in [0.25, 0.3) is 5.91 Å². The molecular weight excluding hydrogens is 511 g/mol. The maximum Gasteiger partial charge on any atom is 0.252 e. The fraction of sp³-hybridized carbons (Fsp3) is 0.543. The summed E-state index contributed by atoms with van der Waals surface area (Å²) < 4.78 is 14.7. The number of likely N-dealkylation sites (tertiary alicyclic amines) is 2.